The molecule has 0 N–H and O–H groups in total. The van der Waals surface area contributed by atoms with Crippen molar-refractivity contribution >= 4 is 18.2 Å². The van der Waals surface area contributed by atoms with Gasteiger partial charge >= 0.3 is 0 Å². The molecule has 1 radical (unpaired) electrons. The standard InChI is InChI=1S/C5H10BS/c1-5(2)4-7-6-3/h1,4H2,2-3H3. The summed E-state index contributed by atoms with van der Waals surface area (Å²) in [7, 11) is 0. The topological polar surface area (TPSA) is 0 Å². The van der Waals surface area contributed by atoms with E-state index in [1.807, 2.05) is 13.7 Å². The highest BCUT2D eigenvalue weighted by Gasteiger charge is 1.82. The Kier molecular flexibility index (Phi) is 4.41. The lowest BCUT2D eigenvalue weighted by Crippen LogP contribution is -1.79. The molecule has 0 saturated carbocycles. The Morgan fingerprint density at radius 2 is 2.43 bits per heavy atom. The maximum atomic E-state index is 3.75. The molecule has 0 aliphatic carbocycles. The van der Waals surface area contributed by atoms with Crippen LogP contribution in [0.25, 0.3) is 0 Å². The summed E-state index contributed by atoms with van der Waals surface area (Å²) in [5.74, 6) is 1.07. The van der Waals surface area contributed by atoms with Crippen LogP contribution in [0.15, 0.2) is 12.2 Å². The first-order valence-corrected chi connectivity index (χ1v) is 3.36. The summed E-state index contributed by atoms with van der Waals surface area (Å²) in [6.07, 6.45) is 0. The zero-order valence-electron chi connectivity index (χ0n) is 4.90. The fourth-order valence-corrected chi connectivity index (χ4v) is 0.677. The van der Waals surface area contributed by atoms with Crippen LogP contribution in [0.3, 0.4) is 0 Å². The molecule has 0 unspecified atom stereocenters. The molecule has 39 valence electrons. The molecule has 0 aromatic rings. The number of hydrogen-bond acceptors (Lipinski definition) is 1. The van der Waals surface area contributed by atoms with Crippen LogP contribution in [-0.2, 0) is 0 Å². The third kappa shape index (κ3) is 6.15. The van der Waals surface area contributed by atoms with Crippen LogP contribution in [-0.4, -0.2) is 12.3 Å². The lowest BCUT2D eigenvalue weighted by Gasteiger charge is -1.91. The highest BCUT2D eigenvalue weighted by molar-refractivity contribution is 8.22. The first kappa shape index (κ1) is 7.15. The predicted octanol–water partition coefficient (Wildman–Crippen LogP) is 1.96. The molecule has 0 spiro atoms. The maximum absolute atomic E-state index is 3.75. The highest BCUT2D eigenvalue weighted by atomic mass is 32.2. The number of hydrogen-bond donors (Lipinski definition) is 0. The van der Waals surface area contributed by atoms with Gasteiger partial charge in [-0.2, -0.15) is 0 Å². The van der Waals surface area contributed by atoms with Gasteiger partial charge in [-0.15, -0.1) is 0 Å². The average Bonchev–Trinajstić information content (AvgIpc) is 1.61. The Bertz CT molecular complexity index is 61.1. The minimum atomic E-state index is 1.07. The monoisotopic (exact) mass is 113 g/mol. The van der Waals surface area contributed by atoms with Crippen molar-refractivity contribution in [1.82, 2.24) is 0 Å². The van der Waals surface area contributed by atoms with Gasteiger partial charge in [0, 0.05) is 5.75 Å². The lowest BCUT2D eigenvalue weighted by atomic mass is 10.2. The second-order valence-corrected chi connectivity index (χ2v) is 2.60. The van der Waals surface area contributed by atoms with Crippen molar-refractivity contribution in [3.63, 3.8) is 0 Å². The van der Waals surface area contributed by atoms with Crippen molar-refractivity contribution in [3.8, 4) is 0 Å². The first-order chi connectivity index (χ1) is 3.27. The van der Waals surface area contributed by atoms with E-state index < -0.39 is 0 Å². The van der Waals surface area contributed by atoms with Crippen molar-refractivity contribution in [2.45, 2.75) is 13.7 Å². The lowest BCUT2D eigenvalue weighted by molar-refractivity contribution is 1.45. The minimum Gasteiger partial charge on any atom is -0.214 e. The highest BCUT2D eigenvalue weighted by Crippen LogP contribution is 2.00. The second-order valence-electron chi connectivity index (χ2n) is 1.50. The molecule has 0 aromatic carbocycles. The van der Waals surface area contributed by atoms with Crippen molar-refractivity contribution in [3.05, 3.63) is 12.2 Å². The van der Waals surface area contributed by atoms with Gasteiger partial charge in [0.25, 0.3) is 0 Å². The van der Waals surface area contributed by atoms with Gasteiger partial charge in [-0.05, 0) is 6.92 Å². The van der Waals surface area contributed by atoms with E-state index >= 15 is 0 Å². The first-order valence-electron chi connectivity index (χ1n) is 2.31. The zero-order valence-corrected chi connectivity index (χ0v) is 5.72. The van der Waals surface area contributed by atoms with E-state index in [1.165, 1.54) is 5.57 Å². The molecular formula is C5H10BS. The third-order valence-electron chi connectivity index (χ3n) is 0.496. The summed E-state index contributed by atoms with van der Waals surface area (Å²) < 4.78 is 0. The number of rotatable bonds is 3. The molecule has 0 nitrogen and oxygen atoms in total. The van der Waals surface area contributed by atoms with Gasteiger partial charge in [-0.1, -0.05) is 19.0 Å². The molecule has 7 heavy (non-hydrogen) atoms. The van der Waals surface area contributed by atoms with Gasteiger partial charge in [0.1, 0.15) is 0 Å². The molecule has 0 rings (SSSR count). The molecule has 2 heteroatoms. The zero-order chi connectivity index (χ0) is 5.70. The van der Waals surface area contributed by atoms with E-state index in [0.29, 0.717) is 0 Å². The summed E-state index contributed by atoms with van der Waals surface area (Å²) in [6, 6.07) is 0. The Morgan fingerprint density at radius 1 is 1.86 bits per heavy atom. The van der Waals surface area contributed by atoms with Crippen molar-refractivity contribution in [2.75, 3.05) is 5.75 Å². The SMILES string of the molecule is C=C(C)CS[B]C. The molecule has 0 aliphatic heterocycles. The van der Waals surface area contributed by atoms with E-state index in [0.717, 1.165) is 5.75 Å². The van der Waals surface area contributed by atoms with Gasteiger partial charge in [0.15, 0.2) is 6.56 Å². The van der Waals surface area contributed by atoms with Gasteiger partial charge in [-0.3, -0.25) is 0 Å². The Balaban J connectivity index is 2.82. The van der Waals surface area contributed by atoms with E-state index in [4.69, 9.17) is 0 Å². The van der Waals surface area contributed by atoms with Crippen LogP contribution in [0, 0.1) is 0 Å². The molecule has 0 amide bonds. The van der Waals surface area contributed by atoms with Crippen molar-refractivity contribution in [2.24, 2.45) is 0 Å². The maximum Gasteiger partial charge on any atom is 0.188 e. The van der Waals surface area contributed by atoms with Crippen LogP contribution in [0.1, 0.15) is 6.92 Å². The summed E-state index contributed by atoms with van der Waals surface area (Å²) in [4.78, 5) is 0. The van der Waals surface area contributed by atoms with Crippen LogP contribution < -0.4 is 0 Å². The fraction of sp³-hybridized carbons (Fsp3) is 0.600. The van der Waals surface area contributed by atoms with E-state index in [2.05, 4.69) is 13.1 Å². The largest absolute Gasteiger partial charge is 0.214 e. The van der Waals surface area contributed by atoms with E-state index in [-0.39, 0.29) is 0 Å². The van der Waals surface area contributed by atoms with Crippen LogP contribution in [0.2, 0.25) is 6.82 Å². The summed E-state index contributed by atoms with van der Waals surface area (Å²) >= 11 is 1.79. The Hall–Kier alpha value is 0.155. The van der Waals surface area contributed by atoms with Gasteiger partial charge in [0.05, 0.1) is 0 Å². The van der Waals surface area contributed by atoms with E-state index in [9.17, 15) is 0 Å². The van der Waals surface area contributed by atoms with E-state index in [1.54, 1.807) is 11.6 Å². The summed E-state index contributed by atoms with van der Waals surface area (Å²) in [6.45, 7) is 9.90. The van der Waals surface area contributed by atoms with Crippen LogP contribution in [0.4, 0.5) is 0 Å². The van der Waals surface area contributed by atoms with Crippen LogP contribution >= 0.6 is 11.6 Å². The Morgan fingerprint density at radius 3 is 2.57 bits per heavy atom. The predicted molar refractivity (Wildman–Crippen MR) is 38.9 cm³/mol. The van der Waals surface area contributed by atoms with Crippen LogP contribution in [0.5, 0.6) is 0 Å². The molecule has 0 saturated heterocycles. The van der Waals surface area contributed by atoms with Crippen molar-refractivity contribution in [1.29, 1.82) is 0 Å². The minimum absolute atomic E-state index is 1.07. The summed E-state index contributed by atoms with van der Waals surface area (Å²) in [5.41, 5.74) is 1.24. The summed E-state index contributed by atoms with van der Waals surface area (Å²) in [5, 5.41) is 0. The smallest absolute Gasteiger partial charge is 0.188 e. The van der Waals surface area contributed by atoms with Gasteiger partial charge < -0.3 is 0 Å². The van der Waals surface area contributed by atoms with Gasteiger partial charge in [0.2, 0.25) is 0 Å². The fourth-order valence-electron chi connectivity index (χ4n) is 0.226. The van der Waals surface area contributed by atoms with Crippen molar-refractivity contribution < 1.29 is 0 Å². The molecule has 0 atom stereocenters. The Labute approximate surface area is 50.5 Å². The second kappa shape index (κ2) is 4.32. The average molecular weight is 113 g/mol. The molecule has 0 bridgehead atoms. The quantitative estimate of drug-likeness (QED) is 0.398. The third-order valence-corrected chi connectivity index (χ3v) is 1.49. The molecule has 0 fully saturated rings. The molecule has 0 aromatic heterocycles. The normalized spacial score (nSPS) is 8.29. The molecule has 0 aliphatic rings. The molecular weight excluding hydrogens is 103 g/mol. The molecule has 0 heterocycles. The van der Waals surface area contributed by atoms with Gasteiger partial charge in [-0.25, -0.2) is 11.6 Å².